The molecule has 82 heavy (non-hydrogen) atoms. The van der Waals surface area contributed by atoms with Crippen molar-refractivity contribution in [2.45, 2.75) is 38.6 Å². The number of nitrogens with two attached hydrogens (primary N) is 3. The molecule has 2 unspecified atom stereocenters. The molecule has 476 valence electrons. The predicted octanol–water partition coefficient (Wildman–Crippen LogP) is 2.24. The van der Waals surface area contributed by atoms with Crippen LogP contribution in [0.3, 0.4) is 0 Å². The summed E-state index contributed by atoms with van der Waals surface area (Å²) in [4.78, 5) is 0. The van der Waals surface area contributed by atoms with Crippen molar-refractivity contribution in [1.29, 1.82) is 0 Å². The molecule has 0 aromatic heterocycles. The summed E-state index contributed by atoms with van der Waals surface area (Å²) in [6, 6.07) is 11.4. The highest BCUT2D eigenvalue weighted by Crippen LogP contribution is 2.29. The summed E-state index contributed by atoms with van der Waals surface area (Å²) in [5, 5.41) is 0. The molecule has 0 bridgehead atoms. The van der Waals surface area contributed by atoms with Crippen LogP contribution in [0.25, 0.3) is 0 Å². The van der Waals surface area contributed by atoms with Gasteiger partial charge in [0.25, 0.3) is 0 Å². The lowest BCUT2D eigenvalue weighted by Gasteiger charge is -2.17. The minimum Gasteiger partial charge on any atom is -0.487 e. The van der Waals surface area contributed by atoms with Crippen molar-refractivity contribution in [3.8, 4) is 23.0 Å². The van der Waals surface area contributed by atoms with Gasteiger partial charge in [-0.15, -0.1) is 0 Å². The second-order valence-corrected chi connectivity index (χ2v) is 17.7. The van der Waals surface area contributed by atoms with Gasteiger partial charge >= 0.3 is 0 Å². The Morgan fingerprint density at radius 3 is 0.780 bits per heavy atom. The van der Waals surface area contributed by atoms with E-state index in [1.807, 2.05) is 36.4 Å². The fourth-order valence-electron chi connectivity index (χ4n) is 6.95. The molecule has 0 saturated carbocycles. The number of hydrogen-bond acceptors (Lipinski definition) is 25. The van der Waals surface area contributed by atoms with E-state index in [2.05, 4.69) is 6.92 Å². The van der Waals surface area contributed by atoms with Crippen LogP contribution in [0.4, 0.5) is 0 Å². The molecule has 2 aromatic rings. The summed E-state index contributed by atoms with van der Waals surface area (Å²) in [5.74, 6) is 2.75. The Kier molecular flexibility index (Phi) is 49.6. The minimum atomic E-state index is -0.0296. The van der Waals surface area contributed by atoms with Crippen molar-refractivity contribution in [2.75, 3.05) is 258 Å². The van der Waals surface area contributed by atoms with Crippen LogP contribution in [-0.4, -0.2) is 270 Å². The zero-order valence-electron chi connectivity index (χ0n) is 49.0. The van der Waals surface area contributed by atoms with Crippen molar-refractivity contribution < 1.29 is 104 Å². The summed E-state index contributed by atoms with van der Waals surface area (Å²) in [5.41, 5.74) is 18.8. The topological polar surface area (TPSA) is 281 Å². The molecule has 2 fully saturated rings. The fraction of sp³-hybridized carbons (Fsp3) is 0.789. The average Bonchev–Trinajstić information content (AvgIpc) is 3.54. The molecule has 2 saturated heterocycles. The largest absolute Gasteiger partial charge is 0.487 e. The van der Waals surface area contributed by atoms with E-state index >= 15 is 0 Å². The van der Waals surface area contributed by atoms with Gasteiger partial charge in [-0.05, 0) is 41.8 Å². The van der Waals surface area contributed by atoms with Crippen molar-refractivity contribution in [3.05, 3.63) is 47.5 Å². The van der Waals surface area contributed by atoms with Gasteiger partial charge in [-0.25, -0.2) is 0 Å². The van der Waals surface area contributed by atoms with Gasteiger partial charge in [0.15, 0.2) is 23.0 Å². The molecule has 4 aliphatic rings. The molecule has 2 atom stereocenters. The molecule has 2 aromatic carbocycles. The monoisotopic (exact) mass is 1180 g/mol. The molecule has 0 spiro atoms. The lowest BCUT2D eigenvalue weighted by Crippen LogP contribution is -2.31. The second-order valence-electron chi connectivity index (χ2n) is 17.7. The first-order valence-corrected chi connectivity index (χ1v) is 29.0. The van der Waals surface area contributed by atoms with Crippen LogP contribution < -0.4 is 36.1 Å². The molecule has 25 nitrogen and oxygen atoms in total. The van der Waals surface area contributed by atoms with Gasteiger partial charge in [0, 0.05) is 19.6 Å². The highest BCUT2D eigenvalue weighted by Gasteiger charge is 2.12. The Bertz CT molecular complexity index is 1670. The second kappa shape index (κ2) is 55.7. The van der Waals surface area contributed by atoms with Crippen molar-refractivity contribution in [1.82, 2.24) is 0 Å². The SMILES string of the molecule is CCC1COCCOCCOCCOCCOCCOCCO1.NCC1COCCOCCOCCO1.NCc1ccc2c(c1)OCCOCCOCCO2.NCc1ccc2c(c1)OCCOCCOCCOCCOCCOCCO2. The molecular weight excluding hydrogens is 1080 g/mol. The van der Waals surface area contributed by atoms with Gasteiger partial charge in [-0.2, -0.15) is 0 Å². The molecule has 4 aliphatic heterocycles. The van der Waals surface area contributed by atoms with Crippen LogP contribution in [0.5, 0.6) is 23.0 Å². The third kappa shape index (κ3) is 41.8. The van der Waals surface area contributed by atoms with Crippen LogP contribution in [0.2, 0.25) is 0 Å². The Hall–Kier alpha value is -3.20. The molecule has 25 heteroatoms. The number of hydrogen-bond donors (Lipinski definition) is 3. The van der Waals surface area contributed by atoms with Crippen LogP contribution in [-0.2, 0) is 98.4 Å². The predicted molar refractivity (Wildman–Crippen MR) is 303 cm³/mol. The van der Waals surface area contributed by atoms with Gasteiger partial charge < -0.3 is 121 Å². The summed E-state index contributed by atoms with van der Waals surface area (Å²) in [6.45, 7) is 24.2. The molecule has 6 N–H and O–H groups in total. The highest BCUT2D eigenvalue weighted by atomic mass is 16.6. The van der Waals surface area contributed by atoms with E-state index in [0.29, 0.717) is 288 Å². The molecule has 6 rings (SSSR count). The normalized spacial score (nSPS) is 22.4. The molecule has 0 aliphatic carbocycles. The summed E-state index contributed by atoms with van der Waals surface area (Å²) < 4.78 is 121. The first-order valence-electron chi connectivity index (χ1n) is 29.0. The maximum absolute atomic E-state index is 5.80. The first kappa shape index (κ1) is 73.1. The third-order valence-corrected chi connectivity index (χ3v) is 11.4. The Morgan fingerprint density at radius 2 is 0.512 bits per heavy atom. The quantitative estimate of drug-likeness (QED) is 0.396. The van der Waals surface area contributed by atoms with E-state index in [1.54, 1.807) is 0 Å². The van der Waals surface area contributed by atoms with Crippen molar-refractivity contribution in [3.63, 3.8) is 0 Å². The zero-order chi connectivity index (χ0) is 58.1. The van der Waals surface area contributed by atoms with E-state index in [-0.39, 0.29) is 12.2 Å². The van der Waals surface area contributed by atoms with E-state index in [1.165, 1.54) is 0 Å². The van der Waals surface area contributed by atoms with Crippen LogP contribution >= 0.6 is 0 Å². The van der Waals surface area contributed by atoms with Crippen LogP contribution in [0.15, 0.2) is 36.4 Å². The number of rotatable bonds is 4. The van der Waals surface area contributed by atoms with Gasteiger partial charge in [0.05, 0.1) is 237 Å². The van der Waals surface area contributed by atoms with E-state index < -0.39 is 0 Å². The Labute approximate surface area is 486 Å². The summed E-state index contributed by atoms with van der Waals surface area (Å²) in [6.07, 6.45) is 0.986. The lowest BCUT2D eigenvalue weighted by atomic mass is 10.2. The number of benzene rings is 2. The first-order chi connectivity index (χ1) is 40.7. The Morgan fingerprint density at radius 1 is 0.280 bits per heavy atom. The fourth-order valence-corrected chi connectivity index (χ4v) is 6.95. The number of ether oxygens (including phenoxy) is 22. The molecule has 0 amide bonds. The maximum atomic E-state index is 5.80. The standard InChI is InChI=1S/C19H31NO7.C16H32O7.C13H19NO4.C9H19NO4/c20-16-17-1-2-18-19(15-17)27-14-12-25-10-8-23-6-4-21-3-5-22-7-9-24-11-13-26-18;1-2-16-15-22-12-11-20-8-7-18-4-3-17-5-6-19-9-10-21-13-14-23-16;14-10-11-1-2-12-13(9-11)18-8-6-16-4-3-15-5-7-17-12;10-7-9-8-13-4-3-11-1-2-12-5-6-14-9/h1-2,15H,3-14,16,20H2;16H,2-15H2,1H3;1-2,9H,3-8,10,14H2;9H,1-8,10H2. The lowest BCUT2D eigenvalue weighted by molar-refractivity contribution is -0.0633. The molecule has 0 radical (unpaired) electrons. The third-order valence-electron chi connectivity index (χ3n) is 11.4. The molecule has 4 heterocycles. The van der Waals surface area contributed by atoms with Crippen molar-refractivity contribution >= 4 is 0 Å². The van der Waals surface area contributed by atoms with Crippen molar-refractivity contribution in [2.24, 2.45) is 17.2 Å². The van der Waals surface area contributed by atoms with Gasteiger partial charge in [-0.1, -0.05) is 19.1 Å². The average molecular weight is 1180 g/mol. The Balaban J connectivity index is 0.000000294. The summed E-state index contributed by atoms with van der Waals surface area (Å²) in [7, 11) is 0. The highest BCUT2D eigenvalue weighted by molar-refractivity contribution is 5.43. The van der Waals surface area contributed by atoms with Crippen LogP contribution in [0.1, 0.15) is 24.5 Å². The van der Waals surface area contributed by atoms with Gasteiger partial charge in [0.1, 0.15) is 26.4 Å². The number of fused-ring (bicyclic) bond motifs is 2. The van der Waals surface area contributed by atoms with E-state index in [0.717, 1.165) is 23.3 Å². The summed E-state index contributed by atoms with van der Waals surface area (Å²) >= 11 is 0. The van der Waals surface area contributed by atoms with Gasteiger partial charge in [0.2, 0.25) is 0 Å². The minimum absolute atomic E-state index is 0.0296. The van der Waals surface area contributed by atoms with E-state index in [4.69, 9.17) is 121 Å². The van der Waals surface area contributed by atoms with Gasteiger partial charge in [-0.3, -0.25) is 0 Å². The van der Waals surface area contributed by atoms with Crippen LogP contribution in [0, 0.1) is 0 Å². The molecular formula is C57H101N3O22. The smallest absolute Gasteiger partial charge is 0.161 e. The van der Waals surface area contributed by atoms with E-state index in [9.17, 15) is 0 Å². The maximum Gasteiger partial charge on any atom is 0.161 e. The zero-order valence-corrected chi connectivity index (χ0v) is 49.0.